The first-order valence-electron chi connectivity index (χ1n) is 10.3. The van der Waals surface area contributed by atoms with E-state index in [1.54, 1.807) is 37.3 Å². The number of nitrogens with zero attached hydrogens (tertiary/aromatic N) is 1. The number of ether oxygens (including phenoxy) is 1. The Morgan fingerprint density at radius 1 is 1.16 bits per heavy atom. The van der Waals surface area contributed by atoms with E-state index >= 15 is 0 Å². The van der Waals surface area contributed by atoms with Gasteiger partial charge < -0.3 is 19.6 Å². The first-order chi connectivity index (χ1) is 14.7. The van der Waals surface area contributed by atoms with Crippen molar-refractivity contribution >= 4 is 17.4 Å². The van der Waals surface area contributed by atoms with Crippen LogP contribution in [0.15, 0.2) is 48.0 Å². The van der Waals surface area contributed by atoms with Crippen LogP contribution < -0.4 is 9.64 Å². The fourth-order valence-electron chi connectivity index (χ4n) is 3.75. The number of aliphatic hydroxyl groups excluding tert-OH is 1. The number of rotatable bonds is 7. The molecule has 0 bridgehead atoms. The van der Waals surface area contributed by atoms with Crippen LogP contribution in [0.5, 0.6) is 5.75 Å². The Morgan fingerprint density at radius 2 is 1.84 bits per heavy atom. The Labute approximate surface area is 181 Å². The van der Waals surface area contributed by atoms with Crippen LogP contribution in [0.4, 0.5) is 4.39 Å². The van der Waals surface area contributed by atoms with Crippen molar-refractivity contribution in [3.63, 3.8) is 0 Å². The number of hydrogen-bond donors (Lipinski definition) is 2. The van der Waals surface area contributed by atoms with E-state index in [9.17, 15) is 19.1 Å². The summed E-state index contributed by atoms with van der Waals surface area (Å²) in [6, 6.07) is 10.0. The summed E-state index contributed by atoms with van der Waals surface area (Å²) >= 11 is 0. The van der Waals surface area contributed by atoms with Crippen LogP contribution >= 0.6 is 0 Å². The van der Waals surface area contributed by atoms with Crippen LogP contribution in [0.3, 0.4) is 0 Å². The second-order valence-corrected chi connectivity index (χ2v) is 7.91. The third-order valence-electron chi connectivity index (χ3n) is 5.34. The summed E-state index contributed by atoms with van der Waals surface area (Å²) < 4.78 is 19.0. The minimum absolute atomic E-state index is 0.0117. The van der Waals surface area contributed by atoms with Gasteiger partial charge >= 0.3 is 0 Å². The molecule has 0 aromatic heterocycles. The Hall–Kier alpha value is -3.19. The second-order valence-electron chi connectivity index (χ2n) is 7.91. The number of halogens is 1. The minimum Gasteiger partial charge on any atom is -0.507 e. The van der Waals surface area contributed by atoms with E-state index in [4.69, 9.17) is 4.74 Å². The van der Waals surface area contributed by atoms with Crippen molar-refractivity contribution in [2.45, 2.75) is 19.9 Å². The number of ketones is 1. The van der Waals surface area contributed by atoms with E-state index in [0.29, 0.717) is 42.1 Å². The van der Waals surface area contributed by atoms with E-state index in [0.717, 1.165) is 4.90 Å². The molecule has 2 aromatic rings. The molecular formula is C24H28FN2O4+. The summed E-state index contributed by atoms with van der Waals surface area (Å²) in [7, 11) is 3.90. The van der Waals surface area contributed by atoms with Crippen molar-refractivity contribution in [3.05, 3.63) is 70.5 Å². The molecule has 31 heavy (non-hydrogen) atoms. The molecule has 1 amide bonds. The van der Waals surface area contributed by atoms with Crippen LogP contribution in [-0.4, -0.2) is 55.5 Å². The zero-order valence-corrected chi connectivity index (χ0v) is 18.2. The third kappa shape index (κ3) is 4.61. The number of hydrogen-bond acceptors (Lipinski definition) is 4. The van der Waals surface area contributed by atoms with Gasteiger partial charge in [0.15, 0.2) is 0 Å². The molecule has 7 heteroatoms. The first-order valence-corrected chi connectivity index (χ1v) is 10.3. The van der Waals surface area contributed by atoms with E-state index in [-0.39, 0.29) is 11.3 Å². The van der Waals surface area contributed by atoms with Crippen LogP contribution in [0.1, 0.15) is 29.7 Å². The lowest BCUT2D eigenvalue weighted by molar-refractivity contribution is -0.857. The van der Waals surface area contributed by atoms with Gasteiger partial charge in [0.2, 0.25) is 0 Å². The number of likely N-dealkylation sites (tertiary alicyclic amines) is 1. The number of quaternary nitrogens is 1. The molecule has 1 fully saturated rings. The molecule has 1 heterocycles. The number of aryl methyl sites for hydroxylation is 1. The number of carbonyl (C=O) groups is 2. The van der Waals surface area contributed by atoms with Crippen LogP contribution in [0.2, 0.25) is 0 Å². The maximum atomic E-state index is 13.5. The lowest BCUT2D eigenvalue weighted by Gasteiger charge is -2.25. The van der Waals surface area contributed by atoms with Crippen LogP contribution in [-0.2, 0) is 9.59 Å². The van der Waals surface area contributed by atoms with Crippen LogP contribution in [0, 0.1) is 12.7 Å². The molecule has 0 radical (unpaired) electrons. The molecule has 0 unspecified atom stereocenters. The number of carbonyl (C=O) groups excluding carboxylic acids is 2. The zero-order chi connectivity index (χ0) is 22.7. The topological polar surface area (TPSA) is 71.3 Å². The first kappa shape index (κ1) is 22.5. The molecule has 164 valence electrons. The predicted molar refractivity (Wildman–Crippen MR) is 115 cm³/mol. The van der Waals surface area contributed by atoms with Crippen molar-refractivity contribution in [1.82, 2.24) is 4.90 Å². The van der Waals surface area contributed by atoms with E-state index in [1.165, 1.54) is 17.0 Å². The quantitative estimate of drug-likeness (QED) is 0.403. The number of nitrogens with one attached hydrogen (secondary N) is 1. The summed E-state index contributed by atoms with van der Waals surface area (Å²) in [5, 5.41) is 11.2. The van der Waals surface area contributed by atoms with Gasteiger partial charge in [-0.05, 0) is 55.3 Å². The maximum absolute atomic E-state index is 13.5. The van der Waals surface area contributed by atoms with Gasteiger partial charge in [-0.15, -0.1) is 0 Å². The van der Waals surface area contributed by atoms with Gasteiger partial charge in [-0.3, -0.25) is 9.59 Å². The highest BCUT2D eigenvalue weighted by molar-refractivity contribution is 6.46. The summed E-state index contributed by atoms with van der Waals surface area (Å²) in [6.07, 6.45) is 0. The Morgan fingerprint density at radius 3 is 2.42 bits per heavy atom. The standard InChI is InChI=1S/C24H27FN2O4/c1-5-31-18-10-11-19(15(2)14-18)22(28)20-21(16-6-8-17(25)9-7-16)27(13-12-26(3)4)24(30)23(20)29/h6-11,14,21,28H,5,12-13H2,1-4H3/p+1/t21-/m1/s1. The molecule has 6 nitrogen and oxygen atoms in total. The highest BCUT2D eigenvalue weighted by atomic mass is 19.1. The largest absolute Gasteiger partial charge is 0.507 e. The SMILES string of the molecule is CCOc1ccc(C(O)=C2C(=O)C(=O)N(CC[NH+](C)C)[C@@H]2c2ccc(F)cc2)c(C)c1. The van der Waals surface area contributed by atoms with Gasteiger partial charge in [0.1, 0.15) is 17.3 Å². The normalized spacial score (nSPS) is 18.1. The van der Waals surface area contributed by atoms with Crippen molar-refractivity contribution in [3.8, 4) is 5.75 Å². The fraction of sp³-hybridized carbons (Fsp3) is 0.333. The van der Waals surface area contributed by atoms with Crippen molar-refractivity contribution in [1.29, 1.82) is 0 Å². The minimum atomic E-state index is -0.786. The van der Waals surface area contributed by atoms with Gasteiger partial charge in [-0.2, -0.15) is 0 Å². The third-order valence-corrected chi connectivity index (χ3v) is 5.34. The van der Waals surface area contributed by atoms with E-state index < -0.39 is 23.5 Å². The van der Waals surface area contributed by atoms with Gasteiger partial charge in [-0.25, -0.2) is 4.39 Å². The highest BCUT2D eigenvalue weighted by Crippen LogP contribution is 2.39. The fourth-order valence-corrected chi connectivity index (χ4v) is 3.75. The van der Waals surface area contributed by atoms with Crippen molar-refractivity contribution in [2.75, 3.05) is 33.8 Å². The molecule has 3 rings (SSSR count). The molecule has 1 saturated heterocycles. The Kier molecular flexibility index (Phi) is 6.75. The molecule has 1 aliphatic rings. The Bertz CT molecular complexity index is 1010. The smallest absolute Gasteiger partial charge is 0.295 e. The van der Waals surface area contributed by atoms with Crippen molar-refractivity contribution in [2.24, 2.45) is 0 Å². The molecule has 2 aromatic carbocycles. The summed E-state index contributed by atoms with van der Waals surface area (Å²) in [6.45, 7) is 5.13. The number of likely N-dealkylation sites (N-methyl/N-ethyl adjacent to an activating group) is 1. The molecule has 1 atom stereocenters. The van der Waals surface area contributed by atoms with Gasteiger partial charge in [0.05, 0.1) is 45.4 Å². The highest BCUT2D eigenvalue weighted by Gasteiger charge is 2.46. The summed E-state index contributed by atoms with van der Waals surface area (Å²) in [5.41, 5.74) is 1.74. The van der Waals surface area contributed by atoms with E-state index in [1.807, 2.05) is 21.0 Å². The zero-order valence-electron chi connectivity index (χ0n) is 18.2. The maximum Gasteiger partial charge on any atom is 0.295 e. The number of Topliss-reactive ketones (excluding diaryl/α,β-unsaturated/α-hetero) is 1. The molecule has 2 N–H and O–H groups in total. The summed E-state index contributed by atoms with van der Waals surface area (Å²) in [4.78, 5) is 28.4. The molecule has 0 saturated carbocycles. The second kappa shape index (κ2) is 9.31. The van der Waals surface area contributed by atoms with Gasteiger partial charge in [0, 0.05) is 5.56 Å². The summed E-state index contributed by atoms with van der Waals surface area (Å²) in [5.74, 6) is -1.41. The van der Waals surface area contributed by atoms with Gasteiger partial charge in [-0.1, -0.05) is 12.1 Å². The monoisotopic (exact) mass is 427 g/mol. The molecule has 1 aliphatic heterocycles. The van der Waals surface area contributed by atoms with E-state index in [2.05, 4.69) is 0 Å². The average molecular weight is 427 g/mol. The number of benzene rings is 2. The molecule has 0 spiro atoms. The predicted octanol–water partition coefficient (Wildman–Crippen LogP) is 2.10. The molecule has 0 aliphatic carbocycles. The average Bonchev–Trinajstić information content (AvgIpc) is 2.97. The number of aliphatic hydroxyl groups is 1. The lowest BCUT2D eigenvalue weighted by Crippen LogP contribution is -3.06. The Balaban J connectivity index is 2.13. The van der Waals surface area contributed by atoms with Crippen molar-refractivity contribution < 1.29 is 28.7 Å². The molecular weight excluding hydrogens is 399 g/mol. The lowest BCUT2D eigenvalue weighted by atomic mass is 9.94. The van der Waals surface area contributed by atoms with Crippen LogP contribution in [0.25, 0.3) is 5.76 Å². The van der Waals surface area contributed by atoms with Gasteiger partial charge in [0.25, 0.3) is 11.7 Å². The number of amides is 1.